The molecule has 1 aliphatic rings. The van der Waals surface area contributed by atoms with Crippen molar-refractivity contribution in [2.45, 2.75) is 18.4 Å². The molecule has 29 heavy (non-hydrogen) atoms. The first-order valence-electron chi connectivity index (χ1n) is 10.3. The number of aliphatic hydroxyl groups is 1. The van der Waals surface area contributed by atoms with Crippen LogP contribution in [0.3, 0.4) is 0 Å². The second-order valence-corrected chi connectivity index (χ2v) is 7.61. The monoisotopic (exact) mass is 388 g/mol. The molecule has 5 nitrogen and oxygen atoms in total. The molecule has 1 fully saturated rings. The minimum absolute atomic E-state index is 0.189. The fraction of sp³-hybridized carbons (Fsp3) is 0.333. The summed E-state index contributed by atoms with van der Waals surface area (Å²) in [5, 5.41) is 15.2. The maximum Gasteiger partial charge on any atom is 0.222 e. The molecule has 0 atom stereocenters. The quantitative estimate of drug-likeness (QED) is 0.648. The first-order chi connectivity index (χ1) is 14.3. The lowest BCUT2D eigenvalue weighted by atomic mass is 9.72. The van der Waals surface area contributed by atoms with Crippen LogP contribution in [0.2, 0.25) is 0 Å². The van der Waals surface area contributed by atoms with Crippen molar-refractivity contribution in [1.29, 1.82) is 0 Å². The largest absolute Gasteiger partial charge is 0.380 e. The summed E-state index contributed by atoms with van der Waals surface area (Å²) in [4.78, 5) is 10.8. The molecule has 150 valence electrons. The lowest BCUT2D eigenvalue weighted by Gasteiger charge is -2.42. The van der Waals surface area contributed by atoms with Gasteiger partial charge in [0.05, 0.1) is 0 Å². The molecule has 1 saturated heterocycles. The Morgan fingerprint density at radius 3 is 1.97 bits per heavy atom. The Bertz CT molecular complexity index is 826. The van der Waals surface area contributed by atoms with Gasteiger partial charge in [-0.15, -0.1) is 0 Å². The molecule has 0 spiro atoms. The minimum Gasteiger partial charge on any atom is -0.380 e. The second-order valence-electron chi connectivity index (χ2n) is 7.61. The Hall–Kier alpha value is -2.76. The first kappa shape index (κ1) is 19.6. The molecule has 0 bridgehead atoms. The third-order valence-electron chi connectivity index (χ3n) is 5.88. The minimum atomic E-state index is -0.954. The van der Waals surface area contributed by atoms with Gasteiger partial charge >= 0.3 is 0 Å². The number of hydrogen-bond donors (Lipinski definition) is 2. The molecule has 0 aliphatic carbocycles. The molecule has 0 saturated carbocycles. The maximum atomic E-state index is 11.9. The number of nitrogens with one attached hydrogen (secondary N) is 1. The van der Waals surface area contributed by atoms with E-state index >= 15 is 0 Å². The zero-order valence-electron chi connectivity index (χ0n) is 16.6. The molecular weight excluding hydrogens is 360 g/mol. The number of nitrogens with zero attached hydrogens (tertiary/aromatic N) is 3. The van der Waals surface area contributed by atoms with Gasteiger partial charge in [-0.3, -0.25) is 0 Å². The zero-order chi connectivity index (χ0) is 19.9. The highest BCUT2D eigenvalue weighted by molar-refractivity contribution is 5.37. The highest BCUT2D eigenvalue weighted by Crippen LogP contribution is 2.41. The summed E-state index contributed by atoms with van der Waals surface area (Å²) >= 11 is 0. The van der Waals surface area contributed by atoms with Crippen LogP contribution < -0.4 is 5.32 Å². The van der Waals surface area contributed by atoms with Crippen molar-refractivity contribution in [3.05, 3.63) is 90.3 Å². The maximum absolute atomic E-state index is 11.9. The van der Waals surface area contributed by atoms with Crippen molar-refractivity contribution in [3.8, 4) is 0 Å². The zero-order valence-corrected chi connectivity index (χ0v) is 16.6. The molecule has 0 unspecified atom stereocenters. The molecular formula is C24H28N4O. The standard InChI is InChI=1S/C24H28N4O/c29-24(20-8-3-1-4-9-20,21-10-5-2-6-11-21)22-12-17-28(18-13-22)19-16-27-23-25-14-7-15-26-23/h1-11,14-15,22,29H,12-13,16-19H2,(H,25,26,27). The summed E-state index contributed by atoms with van der Waals surface area (Å²) in [6.45, 7) is 3.71. The number of anilines is 1. The fourth-order valence-electron chi connectivity index (χ4n) is 4.31. The summed E-state index contributed by atoms with van der Waals surface area (Å²) in [6, 6.07) is 22.0. The number of rotatable bonds is 7. The van der Waals surface area contributed by atoms with Crippen LogP contribution in [-0.4, -0.2) is 46.2 Å². The summed E-state index contributed by atoms with van der Waals surface area (Å²) in [5.74, 6) is 0.860. The van der Waals surface area contributed by atoms with Gasteiger partial charge in [-0.1, -0.05) is 60.7 Å². The predicted molar refractivity (Wildman–Crippen MR) is 116 cm³/mol. The summed E-state index contributed by atoms with van der Waals surface area (Å²) in [6.07, 6.45) is 5.41. The highest BCUT2D eigenvalue weighted by atomic mass is 16.3. The fourth-order valence-corrected chi connectivity index (χ4v) is 4.31. The number of aromatic nitrogens is 2. The van der Waals surface area contributed by atoms with Gasteiger partial charge in [0.15, 0.2) is 0 Å². The van der Waals surface area contributed by atoms with Crippen molar-refractivity contribution in [3.63, 3.8) is 0 Å². The first-order valence-corrected chi connectivity index (χ1v) is 10.3. The number of likely N-dealkylation sites (tertiary alicyclic amines) is 1. The molecule has 2 heterocycles. The van der Waals surface area contributed by atoms with Crippen LogP contribution in [0, 0.1) is 5.92 Å². The predicted octanol–water partition coefficient (Wildman–Crippen LogP) is 3.54. The average Bonchev–Trinajstić information content (AvgIpc) is 2.81. The average molecular weight is 389 g/mol. The van der Waals surface area contributed by atoms with E-state index in [0.29, 0.717) is 5.95 Å². The lowest BCUT2D eigenvalue weighted by Crippen LogP contribution is -2.45. The number of piperidine rings is 1. The van der Waals surface area contributed by atoms with Crippen LogP contribution in [0.4, 0.5) is 5.95 Å². The van der Waals surface area contributed by atoms with Gasteiger partial charge in [0.1, 0.15) is 5.60 Å². The molecule has 0 radical (unpaired) electrons. The number of hydrogen-bond acceptors (Lipinski definition) is 5. The van der Waals surface area contributed by atoms with Gasteiger partial charge in [-0.25, -0.2) is 9.97 Å². The Kier molecular flexibility index (Phi) is 6.17. The van der Waals surface area contributed by atoms with Crippen LogP contribution >= 0.6 is 0 Å². The molecule has 2 N–H and O–H groups in total. The van der Waals surface area contributed by atoms with Crippen molar-refractivity contribution >= 4 is 5.95 Å². The summed E-state index contributed by atoms with van der Waals surface area (Å²) in [5.41, 5.74) is 1.00. The van der Waals surface area contributed by atoms with E-state index in [1.54, 1.807) is 12.4 Å². The van der Waals surface area contributed by atoms with E-state index in [1.165, 1.54) is 0 Å². The van der Waals surface area contributed by atoms with Crippen molar-refractivity contribution in [2.75, 3.05) is 31.5 Å². The van der Waals surface area contributed by atoms with Gasteiger partial charge in [0.2, 0.25) is 5.95 Å². The van der Waals surface area contributed by atoms with E-state index in [1.807, 2.05) is 66.7 Å². The van der Waals surface area contributed by atoms with Crippen LogP contribution in [0.15, 0.2) is 79.1 Å². The van der Waals surface area contributed by atoms with E-state index in [2.05, 4.69) is 20.2 Å². The van der Waals surface area contributed by atoms with Crippen molar-refractivity contribution in [1.82, 2.24) is 14.9 Å². The third-order valence-corrected chi connectivity index (χ3v) is 5.88. The molecule has 2 aromatic carbocycles. The van der Waals surface area contributed by atoms with E-state index in [-0.39, 0.29) is 5.92 Å². The van der Waals surface area contributed by atoms with Crippen molar-refractivity contribution < 1.29 is 5.11 Å². The molecule has 4 rings (SSSR count). The second kappa shape index (κ2) is 9.16. The third kappa shape index (κ3) is 4.47. The topological polar surface area (TPSA) is 61.3 Å². The van der Waals surface area contributed by atoms with E-state index in [9.17, 15) is 5.11 Å². The van der Waals surface area contributed by atoms with Gasteiger partial charge < -0.3 is 15.3 Å². The number of benzene rings is 2. The molecule has 1 aromatic heterocycles. The molecule has 3 aromatic rings. The summed E-state index contributed by atoms with van der Waals surface area (Å²) in [7, 11) is 0. The van der Waals surface area contributed by atoms with Crippen LogP contribution in [0.1, 0.15) is 24.0 Å². The summed E-state index contributed by atoms with van der Waals surface area (Å²) < 4.78 is 0. The normalized spacial score (nSPS) is 15.9. The highest BCUT2D eigenvalue weighted by Gasteiger charge is 2.41. The van der Waals surface area contributed by atoms with E-state index < -0.39 is 5.60 Å². The Morgan fingerprint density at radius 2 is 1.41 bits per heavy atom. The molecule has 5 heteroatoms. The van der Waals surface area contributed by atoms with E-state index in [0.717, 1.165) is 50.1 Å². The lowest BCUT2D eigenvalue weighted by molar-refractivity contribution is -0.0136. The van der Waals surface area contributed by atoms with Gasteiger partial charge in [-0.05, 0) is 49.0 Å². The molecule has 0 amide bonds. The van der Waals surface area contributed by atoms with Gasteiger partial charge in [0, 0.05) is 25.5 Å². The van der Waals surface area contributed by atoms with Crippen LogP contribution in [-0.2, 0) is 5.60 Å². The Morgan fingerprint density at radius 1 is 0.862 bits per heavy atom. The van der Waals surface area contributed by atoms with Gasteiger partial charge in [-0.2, -0.15) is 0 Å². The van der Waals surface area contributed by atoms with Crippen molar-refractivity contribution in [2.24, 2.45) is 5.92 Å². The van der Waals surface area contributed by atoms with Crippen LogP contribution in [0.25, 0.3) is 0 Å². The Balaban J connectivity index is 1.41. The smallest absolute Gasteiger partial charge is 0.222 e. The van der Waals surface area contributed by atoms with E-state index in [4.69, 9.17) is 0 Å². The van der Waals surface area contributed by atoms with Gasteiger partial charge in [0.25, 0.3) is 0 Å². The van der Waals surface area contributed by atoms with Crippen LogP contribution in [0.5, 0.6) is 0 Å². The molecule has 1 aliphatic heterocycles. The Labute approximate surface area is 172 Å². The SMILES string of the molecule is OC(c1ccccc1)(c1ccccc1)C1CCN(CCNc2ncccn2)CC1.